The van der Waals surface area contributed by atoms with Gasteiger partial charge in [-0.2, -0.15) is 12.7 Å². The number of hydrogen-bond donors (Lipinski definition) is 1. The summed E-state index contributed by atoms with van der Waals surface area (Å²) < 4.78 is 27.9. The second-order valence-corrected chi connectivity index (χ2v) is 6.30. The van der Waals surface area contributed by atoms with Crippen molar-refractivity contribution in [3.8, 4) is 0 Å². The topological polar surface area (TPSA) is 49.4 Å². The molecule has 0 unspecified atom stereocenters. The van der Waals surface area contributed by atoms with E-state index in [9.17, 15) is 8.42 Å². The molecular formula is C11H17BrN2O2S. The second-order valence-electron chi connectivity index (χ2n) is 4.01. The fourth-order valence-corrected chi connectivity index (χ4v) is 2.89. The standard InChI is InChI=1S/C11H17BrN2O2S/c1-9(2)14(3)17(15,16)13-11-7-5-4-6-10(11)8-12/h4-7,9,13H,8H2,1-3H3. The molecule has 0 spiro atoms. The maximum atomic E-state index is 12.0. The quantitative estimate of drug-likeness (QED) is 0.848. The van der Waals surface area contributed by atoms with E-state index < -0.39 is 10.2 Å². The molecular weight excluding hydrogens is 304 g/mol. The molecule has 0 amide bonds. The van der Waals surface area contributed by atoms with Crippen LogP contribution >= 0.6 is 15.9 Å². The van der Waals surface area contributed by atoms with Crippen molar-refractivity contribution in [3.05, 3.63) is 29.8 Å². The van der Waals surface area contributed by atoms with Gasteiger partial charge in [-0.1, -0.05) is 34.1 Å². The van der Waals surface area contributed by atoms with Crippen molar-refractivity contribution < 1.29 is 8.42 Å². The summed E-state index contributed by atoms with van der Waals surface area (Å²) >= 11 is 3.33. The summed E-state index contributed by atoms with van der Waals surface area (Å²) in [5, 5.41) is 0.608. The zero-order chi connectivity index (χ0) is 13.1. The SMILES string of the molecule is CC(C)N(C)S(=O)(=O)Nc1ccccc1CBr. The van der Waals surface area contributed by atoms with Crippen LogP contribution in [-0.2, 0) is 15.5 Å². The molecule has 0 atom stereocenters. The van der Waals surface area contributed by atoms with Crippen LogP contribution in [-0.4, -0.2) is 25.8 Å². The van der Waals surface area contributed by atoms with E-state index in [0.29, 0.717) is 11.0 Å². The van der Waals surface area contributed by atoms with E-state index in [1.54, 1.807) is 19.2 Å². The molecule has 0 radical (unpaired) electrons. The molecule has 1 aromatic rings. The van der Waals surface area contributed by atoms with Crippen LogP contribution in [0.3, 0.4) is 0 Å². The Morgan fingerprint density at radius 1 is 1.35 bits per heavy atom. The third-order valence-electron chi connectivity index (χ3n) is 2.51. The van der Waals surface area contributed by atoms with Gasteiger partial charge in [0.1, 0.15) is 0 Å². The van der Waals surface area contributed by atoms with Gasteiger partial charge in [-0.05, 0) is 25.5 Å². The molecule has 0 aliphatic carbocycles. The Balaban J connectivity index is 2.98. The maximum absolute atomic E-state index is 12.0. The number of anilines is 1. The third-order valence-corrected chi connectivity index (χ3v) is 4.77. The summed E-state index contributed by atoms with van der Waals surface area (Å²) in [6.07, 6.45) is 0. The second kappa shape index (κ2) is 5.84. The first kappa shape index (κ1) is 14.5. The van der Waals surface area contributed by atoms with E-state index in [4.69, 9.17) is 0 Å². The lowest BCUT2D eigenvalue weighted by Crippen LogP contribution is -2.37. The Morgan fingerprint density at radius 3 is 2.47 bits per heavy atom. The molecule has 0 bridgehead atoms. The number of halogens is 1. The Morgan fingerprint density at radius 2 is 1.94 bits per heavy atom. The Hall–Kier alpha value is -0.590. The van der Waals surface area contributed by atoms with Gasteiger partial charge in [0.15, 0.2) is 0 Å². The van der Waals surface area contributed by atoms with Gasteiger partial charge >= 0.3 is 10.2 Å². The zero-order valence-electron chi connectivity index (χ0n) is 10.1. The summed E-state index contributed by atoms with van der Waals surface area (Å²) in [5.41, 5.74) is 1.52. The first-order valence-electron chi connectivity index (χ1n) is 5.28. The Labute approximate surface area is 111 Å². The van der Waals surface area contributed by atoms with Crippen molar-refractivity contribution in [3.63, 3.8) is 0 Å². The zero-order valence-corrected chi connectivity index (χ0v) is 12.5. The van der Waals surface area contributed by atoms with Crippen LogP contribution in [0.2, 0.25) is 0 Å². The molecule has 1 N–H and O–H groups in total. The van der Waals surface area contributed by atoms with Gasteiger partial charge in [0, 0.05) is 18.4 Å². The predicted octanol–water partition coefficient (Wildman–Crippen LogP) is 2.58. The Kier molecular flexibility index (Phi) is 4.97. The van der Waals surface area contributed by atoms with E-state index in [2.05, 4.69) is 20.7 Å². The maximum Gasteiger partial charge on any atom is 0.301 e. The van der Waals surface area contributed by atoms with Crippen LogP contribution in [0.5, 0.6) is 0 Å². The fourth-order valence-electron chi connectivity index (χ4n) is 1.22. The van der Waals surface area contributed by atoms with E-state index in [0.717, 1.165) is 5.56 Å². The number of alkyl halides is 1. The highest BCUT2D eigenvalue weighted by Gasteiger charge is 2.20. The molecule has 0 aliphatic heterocycles. The number of hydrogen-bond acceptors (Lipinski definition) is 2. The molecule has 17 heavy (non-hydrogen) atoms. The lowest BCUT2D eigenvalue weighted by Gasteiger charge is -2.22. The van der Waals surface area contributed by atoms with Crippen LogP contribution in [0.15, 0.2) is 24.3 Å². The van der Waals surface area contributed by atoms with Crippen molar-refractivity contribution in [1.82, 2.24) is 4.31 Å². The average Bonchev–Trinajstić information content (AvgIpc) is 2.28. The summed E-state index contributed by atoms with van der Waals surface area (Å²) in [5.74, 6) is 0. The van der Waals surface area contributed by atoms with Crippen LogP contribution in [0, 0.1) is 0 Å². The summed E-state index contributed by atoms with van der Waals surface area (Å²) in [6, 6.07) is 7.23. The number of para-hydroxylation sites is 1. The first-order chi connectivity index (χ1) is 7.88. The molecule has 6 heteroatoms. The van der Waals surface area contributed by atoms with E-state index in [1.807, 2.05) is 26.0 Å². The van der Waals surface area contributed by atoms with Crippen molar-refractivity contribution >= 4 is 31.8 Å². The van der Waals surface area contributed by atoms with Gasteiger partial charge in [0.05, 0.1) is 5.69 Å². The molecule has 4 nitrogen and oxygen atoms in total. The fraction of sp³-hybridized carbons (Fsp3) is 0.455. The Bertz CT molecular complexity index is 474. The lowest BCUT2D eigenvalue weighted by molar-refractivity contribution is 0.414. The van der Waals surface area contributed by atoms with Gasteiger partial charge in [-0.15, -0.1) is 0 Å². The molecule has 0 fully saturated rings. The minimum absolute atomic E-state index is 0.0800. The lowest BCUT2D eigenvalue weighted by atomic mass is 10.2. The highest BCUT2D eigenvalue weighted by atomic mass is 79.9. The molecule has 0 saturated heterocycles. The van der Waals surface area contributed by atoms with E-state index in [1.165, 1.54) is 4.31 Å². The molecule has 1 aromatic carbocycles. The molecule has 0 saturated carbocycles. The van der Waals surface area contributed by atoms with Gasteiger partial charge in [0.2, 0.25) is 0 Å². The van der Waals surface area contributed by atoms with Crippen LogP contribution < -0.4 is 4.72 Å². The molecule has 96 valence electrons. The van der Waals surface area contributed by atoms with Crippen molar-refractivity contribution in [2.24, 2.45) is 0 Å². The van der Waals surface area contributed by atoms with Gasteiger partial charge in [-0.3, -0.25) is 4.72 Å². The van der Waals surface area contributed by atoms with Crippen LogP contribution in [0.4, 0.5) is 5.69 Å². The van der Waals surface area contributed by atoms with Crippen molar-refractivity contribution in [1.29, 1.82) is 0 Å². The average molecular weight is 321 g/mol. The summed E-state index contributed by atoms with van der Waals surface area (Å²) in [4.78, 5) is 0. The van der Waals surface area contributed by atoms with E-state index in [-0.39, 0.29) is 6.04 Å². The first-order valence-corrected chi connectivity index (χ1v) is 7.84. The van der Waals surface area contributed by atoms with E-state index >= 15 is 0 Å². The predicted molar refractivity (Wildman–Crippen MR) is 74.5 cm³/mol. The monoisotopic (exact) mass is 320 g/mol. The normalized spacial score (nSPS) is 12.1. The highest BCUT2D eigenvalue weighted by molar-refractivity contribution is 9.08. The third kappa shape index (κ3) is 3.69. The summed E-state index contributed by atoms with van der Waals surface area (Å²) in [6.45, 7) is 3.66. The highest BCUT2D eigenvalue weighted by Crippen LogP contribution is 2.20. The van der Waals surface area contributed by atoms with Gasteiger partial charge < -0.3 is 0 Å². The van der Waals surface area contributed by atoms with Crippen molar-refractivity contribution in [2.75, 3.05) is 11.8 Å². The molecule has 0 aromatic heterocycles. The smallest absolute Gasteiger partial charge is 0.271 e. The summed E-state index contributed by atoms with van der Waals surface area (Å²) in [7, 11) is -1.92. The number of nitrogens with zero attached hydrogens (tertiary/aromatic N) is 1. The molecule has 1 rings (SSSR count). The minimum atomic E-state index is -3.48. The molecule has 0 aliphatic rings. The number of rotatable bonds is 5. The largest absolute Gasteiger partial charge is 0.301 e. The van der Waals surface area contributed by atoms with Gasteiger partial charge in [0.25, 0.3) is 0 Å². The van der Waals surface area contributed by atoms with Crippen molar-refractivity contribution in [2.45, 2.75) is 25.2 Å². The van der Waals surface area contributed by atoms with Crippen LogP contribution in [0.25, 0.3) is 0 Å². The number of nitrogens with one attached hydrogen (secondary N) is 1. The molecule has 0 heterocycles. The van der Waals surface area contributed by atoms with Crippen LogP contribution in [0.1, 0.15) is 19.4 Å². The number of benzene rings is 1. The van der Waals surface area contributed by atoms with Gasteiger partial charge in [-0.25, -0.2) is 0 Å². The minimum Gasteiger partial charge on any atom is -0.271 e.